The van der Waals surface area contributed by atoms with Crippen LogP contribution in [0.15, 0.2) is 48.5 Å². The van der Waals surface area contributed by atoms with Crippen LogP contribution < -0.4 is 4.74 Å². The van der Waals surface area contributed by atoms with E-state index in [4.69, 9.17) is 9.72 Å². The van der Waals surface area contributed by atoms with Crippen molar-refractivity contribution in [3.63, 3.8) is 0 Å². The van der Waals surface area contributed by atoms with Crippen molar-refractivity contribution in [2.24, 2.45) is 0 Å². The topological polar surface area (TPSA) is 27.1 Å². The summed E-state index contributed by atoms with van der Waals surface area (Å²) in [6.45, 7) is 7.56. The number of aryl methyl sites for hydroxylation is 2. The van der Waals surface area contributed by atoms with E-state index in [-0.39, 0.29) is 6.10 Å². The lowest BCUT2D eigenvalue weighted by Crippen LogP contribution is -2.14. The van der Waals surface area contributed by atoms with Crippen molar-refractivity contribution in [3.05, 3.63) is 59.9 Å². The minimum absolute atomic E-state index is 0.0336. The summed E-state index contributed by atoms with van der Waals surface area (Å²) in [6.07, 6.45) is 10.1. The molecule has 0 fully saturated rings. The zero-order chi connectivity index (χ0) is 20.5. The lowest BCUT2D eigenvalue weighted by atomic mass is 10.1. The zero-order valence-corrected chi connectivity index (χ0v) is 18.4. The average Bonchev–Trinajstić information content (AvgIpc) is 3.10. The number of unbranched alkanes of at least 4 members (excludes halogenated alkanes) is 6. The van der Waals surface area contributed by atoms with Gasteiger partial charge >= 0.3 is 0 Å². The van der Waals surface area contributed by atoms with Crippen molar-refractivity contribution in [2.45, 2.75) is 84.8 Å². The van der Waals surface area contributed by atoms with E-state index in [1.807, 2.05) is 6.07 Å². The molecule has 3 rings (SSSR count). The molecule has 2 aromatic carbocycles. The van der Waals surface area contributed by atoms with Gasteiger partial charge in [0.15, 0.2) is 11.9 Å². The molecular formula is C26H36N2O. The smallest absolute Gasteiger partial charge is 0.156 e. The SMILES string of the molecule is CCCCCCCCCn1c(C(CC)Oc2cccc(C)c2)nc2ccccc21. The normalized spacial score (nSPS) is 12.4. The van der Waals surface area contributed by atoms with Gasteiger partial charge in [-0.15, -0.1) is 0 Å². The molecule has 1 aromatic heterocycles. The minimum Gasteiger partial charge on any atom is -0.483 e. The van der Waals surface area contributed by atoms with Gasteiger partial charge in [0.1, 0.15) is 5.75 Å². The third-order valence-electron chi connectivity index (χ3n) is 5.60. The third kappa shape index (κ3) is 5.85. The fourth-order valence-electron chi connectivity index (χ4n) is 3.97. The highest BCUT2D eigenvalue weighted by Crippen LogP contribution is 2.28. The molecule has 3 aromatic rings. The predicted molar refractivity (Wildman–Crippen MR) is 123 cm³/mol. The highest BCUT2D eigenvalue weighted by Gasteiger charge is 2.20. The lowest BCUT2D eigenvalue weighted by Gasteiger charge is -2.19. The zero-order valence-electron chi connectivity index (χ0n) is 18.4. The first-order valence-electron chi connectivity index (χ1n) is 11.4. The fraction of sp³-hybridized carbons (Fsp3) is 0.500. The number of benzene rings is 2. The van der Waals surface area contributed by atoms with E-state index in [0.717, 1.165) is 30.1 Å². The second-order valence-corrected chi connectivity index (χ2v) is 8.06. The minimum atomic E-state index is -0.0336. The molecule has 0 aliphatic heterocycles. The van der Waals surface area contributed by atoms with Gasteiger partial charge in [0, 0.05) is 6.54 Å². The Morgan fingerprint density at radius 2 is 1.66 bits per heavy atom. The Labute approximate surface area is 176 Å². The summed E-state index contributed by atoms with van der Waals surface area (Å²) in [6, 6.07) is 16.8. The fourth-order valence-corrected chi connectivity index (χ4v) is 3.97. The maximum absolute atomic E-state index is 6.39. The van der Waals surface area contributed by atoms with Crippen LogP contribution >= 0.6 is 0 Å². The largest absolute Gasteiger partial charge is 0.483 e. The lowest BCUT2D eigenvalue weighted by molar-refractivity contribution is 0.186. The van der Waals surface area contributed by atoms with Crippen LogP contribution in [0.1, 0.15) is 82.7 Å². The number of aromatic nitrogens is 2. The highest BCUT2D eigenvalue weighted by atomic mass is 16.5. The van der Waals surface area contributed by atoms with Crippen molar-refractivity contribution in [2.75, 3.05) is 0 Å². The molecule has 0 N–H and O–H groups in total. The molecule has 3 nitrogen and oxygen atoms in total. The van der Waals surface area contributed by atoms with Crippen LogP contribution in [0, 0.1) is 6.92 Å². The molecule has 0 saturated heterocycles. The van der Waals surface area contributed by atoms with E-state index in [2.05, 4.69) is 67.8 Å². The molecule has 0 spiro atoms. The number of imidazole rings is 1. The van der Waals surface area contributed by atoms with Crippen LogP contribution in [0.25, 0.3) is 11.0 Å². The second-order valence-electron chi connectivity index (χ2n) is 8.06. The van der Waals surface area contributed by atoms with Gasteiger partial charge in [-0.25, -0.2) is 4.98 Å². The number of hydrogen-bond donors (Lipinski definition) is 0. The molecule has 29 heavy (non-hydrogen) atoms. The van der Waals surface area contributed by atoms with Gasteiger partial charge < -0.3 is 9.30 Å². The van der Waals surface area contributed by atoms with E-state index in [1.165, 1.54) is 56.0 Å². The summed E-state index contributed by atoms with van der Waals surface area (Å²) < 4.78 is 8.78. The molecule has 1 heterocycles. The third-order valence-corrected chi connectivity index (χ3v) is 5.60. The van der Waals surface area contributed by atoms with Gasteiger partial charge in [-0.05, 0) is 49.6 Å². The van der Waals surface area contributed by atoms with Gasteiger partial charge in [-0.2, -0.15) is 0 Å². The summed E-state index contributed by atoms with van der Waals surface area (Å²) in [4.78, 5) is 4.98. The second kappa shape index (κ2) is 11.0. The number of nitrogens with zero attached hydrogens (tertiary/aromatic N) is 2. The van der Waals surface area contributed by atoms with Crippen molar-refractivity contribution in [3.8, 4) is 5.75 Å². The Bertz CT molecular complexity index is 883. The molecule has 0 aliphatic rings. The van der Waals surface area contributed by atoms with Gasteiger partial charge in [0.05, 0.1) is 11.0 Å². The number of rotatable bonds is 12. The van der Waals surface area contributed by atoms with Gasteiger partial charge in [-0.3, -0.25) is 0 Å². The molecule has 0 saturated carbocycles. The Kier molecular flexibility index (Phi) is 8.15. The Balaban J connectivity index is 1.74. The van der Waals surface area contributed by atoms with E-state index in [1.54, 1.807) is 0 Å². The van der Waals surface area contributed by atoms with Crippen molar-refractivity contribution < 1.29 is 4.74 Å². The van der Waals surface area contributed by atoms with E-state index in [9.17, 15) is 0 Å². The van der Waals surface area contributed by atoms with Gasteiger partial charge in [-0.1, -0.05) is 76.6 Å². The summed E-state index contributed by atoms with van der Waals surface area (Å²) in [5, 5.41) is 0. The highest BCUT2D eigenvalue weighted by molar-refractivity contribution is 5.76. The summed E-state index contributed by atoms with van der Waals surface area (Å²) in [7, 11) is 0. The maximum Gasteiger partial charge on any atom is 0.156 e. The quantitative estimate of drug-likeness (QED) is 0.296. The Hall–Kier alpha value is -2.29. The van der Waals surface area contributed by atoms with Gasteiger partial charge in [0.25, 0.3) is 0 Å². The molecular weight excluding hydrogens is 356 g/mol. The van der Waals surface area contributed by atoms with E-state index in [0.29, 0.717) is 0 Å². The van der Waals surface area contributed by atoms with E-state index >= 15 is 0 Å². The van der Waals surface area contributed by atoms with Gasteiger partial charge in [0.2, 0.25) is 0 Å². The van der Waals surface area contributed by atoms with Crippen molar-refractivity contribution >= 4 is 11.0 Å². The van der Waals surface area contributed by atoms with Crippen LogP contribution in [0.4, 0.5) is 0 Å². The number of para-hydroxylation sites is 2. The van der Waals surface area contributed by atoms with Crippen LogP contribution in [-0.4, -0.2) is 9.55 Å². The molecule has 0 radical (unpaired) electrons. The van der Waals surface area contributed by atoms with E-state index < -0.39 is 0 Å². The summed E-state index contributed by atoms with van der Waals surface area (Å²) >= 11 is 0. The number of hydrogen-bond acceptors (Lipinski definition) is 2. The van der Waals surface area contributed by atoms with Crippen LogP contribution in [-0.2, 0) is 6.54 Å². The van der Waals surface area contributed by atoms with Crippen molar-refractivity contribution in [1.29, 1.82) is 0 Å². The molecule has 0 aliphatic carbocycles. The van der Waals surface area contributed by atoms with Crippen LogP contribution in [0.5, 0.6) is 5.75 Å². The molecule has 156 valence electrons. The first-order chi connectivity index (χ1) is 14.2. The predicted octanol–water partition coefficient (Wildman–Crippen LogP) is 7.63. The average molecular weight is 393 g/mol. The number of fused-ring (bicyclic) bond motifs is 1. The monoisotopic (exact) mass is 392 g/mol. The van der Waals surface area contributed by atoms with Crippen LogP contribution in [0.2, 0.25) is 0 Å². The Morgan fingerprint density at radius 3 is 2.41 bits per heavy atom. The summed E-state index contributed by atoms with van der Waals surface area (Å²) in [5.41, 5.74) is 3.51. The van der Waals surface area contributed by atoms with Crippen LogP contribution in [0.3, 0.4) is 0 Å². The first-order valence-corrected chi connectivity index (χ1v) is 11.4. The first kappa shape index (κ1) is 21.4. The molecule has 1 unspecified atom stereocenters. The molecule has 3 heteroatoms. The molecule has 0 amide bonds. The van der Waals surface area contributed by atoms with Crippen molar-refractivity contribution in [1.82, 2.24) is 9.55 Å². The molecule has 0 bridgehead atoms. The maximum atomic E-state index is 6.39. The number of ether oxygens (including phenoxy) is 1. The summed E-state index contributed by atoms with van der Waals surface area (Å²) in [5.74, 6) is 1.98. The standard InChI is InChI=1S/C26H36N2O/c1-4-6-7-8-9-10-13-19-28-24-18-12-11-17-23(24)27-26(28)25(5-2)29-22-16-14-15-21(3)20-22/h11-12,14-18,20,25H,4-10,13,19H2,1-3H3. The molecule has 1 atom stereocenters. The Morgan fingerprint density at radius 1 is 0.897 bits per heavy atom.